The maximum atomic E-state index is 14.5. The van der Waals surface area contributed by atoms with E-state index >= 15 is 0 Å². The summed E-state index contributed by atoms with van der Waals surface area (Å²) in [6.45, 7) is 3.99. The molecule has 0 aromatic carbocycles. The number of anilines is 1. The Kier molecular flexibility index (Phi) is 10.6. The smallest absolute Gasteiger partial charge is 0.407 e. The molecule has 0 fully saturated rings. The molecule has 13 heteroatoms. The van der Waals surface area contributed by atoms with Gasteiger partial charge in [-0.3, -0.25) is 23.9 Å². The Labute approximate surface area is 241 Å². The third-order valence-corrected chi connectivity index (χ3v) is 6.53. The number of allylic oxidation sites excluding steroid dienone is 1. The van der Waals surface area contributed by atoms with E-state index in [2.05, 4.69) is 25.3 Å². The Balaban J connectivity index is 1.83. The van der Waals surface area contributed by atoms with Crippen molar-refractivity contribution in [2.45, 2.75) is 45.7 Å². The number of alkyl carbamates (subject to hydrolysis) is 1. The van der Waals surface area contributed by atoms with Crippen molar-refractivity contribution in [3.8, 4) is 0 Å². The molecule has 11 nitrogen and oxygen atoms in total. The molecule has 220 valence electrons. The van der Waals surface area contributed by atoms with E-state index in [0.717, 1.165) is 7.11 Å². The molecule has 0 saturated heterocycles. The van der Waals surface area contributed by atoms with Crippen LogP contribution in [-0.2, 0) is 27.3 Å². The van der Waals surface area contributed by atoms with Gasteiger partial charge in [-0.1, -0.05) is 31.5 Å². The van der Waals surface area contributed by atoms with Gasteiger partial charge in [-0.25, -0.2) is 9.18 Å². The Hall–Kier alpha value is -4.19. The zero-order valence-electron chi connectivity index (χ0n) is 23.6. The van der Waals surface area contributed by atoms with Gasteiger partial charge in [-0.2, -0.15) is 0 Å². The van der Waals surface area contributed by atoms with Crippen LogP contribution in [0.5, 0.6) is 0 Å². The summed E-state index contributed by atoms with van der Waals surface area (Å²) in [5.74, 6) is -1.07. The zero-order valence-corrected chi connectivity index (χ0v) is 24.3. The highest BCUT2D eigenvalue weighted by Crippen LogP contribution is 2.24. The molecule has 3 N–H and O–H groups in total. The van der Waals surface area contributed by atoms with Gasteiger partial charge in [0.1, 0.15) is 22.7 Å². The van der Waals surface area contributed by atoms with Crippen LogP contribution in [-0.4, -0.2) is 64.6 Å². The number of hydrogen-bond donors (Lipinski definition) is 3. The van der Waals surface area contributed by atoms with Gasteiger partial charge in [0.25, 0.3) is 5.56 Å². The first-order chi connectivity index (χ1) is 19.4. The van der Waals surface area contributed by atoms with Gasteiger partial charge in [0.15, 0.2) is 0 Å². The number of fused-ring (bicyclic) bond motifs is 1. The zero-order chi connectivity index (χ0) is 30.3. The number of nitrogens with one attached hydrogen (secondary N) is 3. The van der Waals surface area contributed by atoms with Crippen molar-refractivity contribution in [3.05, 3.63) is 69.1 Å². The number of H-pyrrole nitrogens is 1. The van der Waals surface area contributed by atoms with E-state index in [1.807, 2.05) is 13.8 Å². The minimum atomic E-state index is -1.06. The maximum Gasteiger partial charge on any atom is 0.407 e. The molecule has 0 aliphatic carbocycles. The molecule has 1 unspecified atom stereocenters. The van der Waals surface area contributed by atoms with E-state index in [4.69, 9.17) is 11.6 Å². The van der Waals surface area contributed by atoms with Crippen LogP contribution in [0.1, 0.15) is 37.9 Å². The number of carbonyl (C=O) groups is 3. The van der Waals surface area contributed by atoms with Crippen LogP contribution in [0.4, 0.5) is 14.9 Å². The number of nitrogens with zero attached hydrogens (tertiary/aromatic N) is 3. The lowest BCUT2D eigenvalue weighted by Crippen LogP contribution is -2.44. The molecule has 3 aromatic rings. The largest absolute Gasteiger partial charge is 0.453 e. The van der Waals surface area contributed by atoms with Gasteiger partial charge in [-0.05, 0) is 49.5 Å². The molecule has 0 aliphatic rings. The number of likely N-dealkylation sites (N-methyl/N-ethyl adjacent to an activating group) is 1. The fourth-order valence-electron chi connectivity index (χ4n) is 4.10. The van der Waals surface area contributed by atoms with Gasteiger partial charge < -0.3 is 25.3 Å². The first kappa shape index (κ1) is 31.3. The Morgan fingerprint density at radius 2 is 2.00 bits per heavy atom. The third kappa shape index (κ3) is 8.16. The highest BCUT2D eigenvalue weighted by Gasteiger charge is 2.22. The normalized spacial score (nSPS) is 12.1. The van der Waals surface area contributed by atoms with Crippen LogP contribution >= 0.6 is 11.6 Å². The molecule has 3 amide bonds. The molecular weight excluding hydrogens is 555 g/mol. The lowest BCUT2D eigenvalue weighted by Gasteiger charge is -2.18. The first-order valence-corrected chi connectivity index (χ1v) is 13.4. The predicted octanol–water partition coefficient (Wildman–Crippen LogP) is 3.85. The van der Waals surface area contributed by atoms with Gasteiger partial charge >= 0.3 is 6.09 Å². The summed E-state index contributed by atoms with van der Waals surface area (Å²) in [5, 5.41) is 5.11. The number of carbonyl (C=O) groups excluding carboxylic acids is 3. The SMILES string of the molecule is COC(=O)NC(CCC=CC(=O)N(C)C)C(=O)Nc1ccc(Cl)n(Cc2cc3ncc(F)c(CC(C)C)c3[nH]2)c1=O. The third-order valence-electron chi connectivity index (χ3n) is 6.20. The lowest BCUT2D eigenvalue weighted by atomic mass is 10.0. The van der Waals surface area contributed by atoms with Crippen molar-refractivity contribution in [3.63, 3.8) is 0 Å². The Morgan fingerprint density at radius 3 is 2.66 bits per heavy atom. The van der Waals surface area contributed by atoms with Crippen molar-refractivity contribution in [1.82, 2.24) is 24.8 Å². The highest BCUT2D eigenvalue weighted by atomic mass is 35.5. The average Bonchev–Trinajstić information content (AvgIpc) is 3.34. The summed E-state index contributed by atoms with van der Waals surface area (Å²) in [5.41, 5.74) is 1.55. The van der Waals surface area contributed by atoms with Crippen molar-refractivity contribution in [2.24, 2.45) is 5.92 Å². The summed E-state index contributed by atoms with van der Waals surface area (Å²) in [7, 11) is 4.39. The first-order valence-electron chi connectivity index (χ1n) is 13.0. The average molecular weight is 589 g/mol. The predicted molar refractivity (Wildman–Crippen MR) is 154 cm³/mol. The molecule has 0 radical (unpaired) electrons. The van der Waals surface area contributed by atoms with Crippen LogP contribution in [0.3, 0.4) is 0 Å². The highest BCUT2D eigenvalue weighted by molar-refractivity contribution is 6.29. The second-order valence-corrected chi connectivity index (χ2v) is 10.5. The number of halogens is 2. The van der Waals surface area contributed by atoms with E-state index < -0.39 is 29.4 Å². The van der Waals surface area contributed by atoms with Crippen molar-refractivity contribution in [1.29, 1.82) is 0 Å². The lowest BCUT2D eigenvalue weighted by molar-refractivity contribution is -0.123. The van der Waals surface area contributed by atoms with Crippen LogP contribution in [0.15, 0.2) is 41.3 Å². The molecule has 3 aromatic heterocycles. The molecule has 3 heterocycles. The summed E-state index contributed by atoms with van der Waals surface area (Å²) in [6.07, 6.45) is 4.25. The quantitative estimate of drug-likeness (QED) is 0.230. The van der Waals surface area contributed by atoms with Crippen molar-refractivity contribution in [2.75, 3.05) is 26.5 Å². The minimum absolute atomic E-state index is 0.00894. The molecule has 0 saturated carbocycles. The number of methoxy groups -OCH3 is 1. The summed E-state index contributed by atoms with van der Waals surface area (Å²) < 4.78 is 20.4. The van der Waals surface area contributed by atoms with Gasteiger partial charge in [0, 0.05) is 25.4 Å². The number of hydrogen-bond acceptors (Lipinski definition) is 6. The van der Waals surface area contributed by atoms with E-state index in [-0.39, 0.29) is 35.6 Å². The fourth-order valence-corrected chi connectivity index (χ4v) is 4.30. The minimum Gasteiger partial charge on any atom is -0.453 e. The van der Waals surface area contributed by atoms with Crippen LogP contribution in [0.25, 0.3) is 11.0 Å². The Morgan fingerprint density at radius 1 is 1.27 bits per heavy atom. The van der Waals surface area contributed by atoms with E-state index in [0.29, 0.717) is 35.1 Å². The van der Waals surface area contributed by atoms with Crippen LogP contribution in [0.2, 0.25) is 5.15 Å². The molecule has 41 heavy (non-hydrogen) atoms. The molecule has 3 rings (SSSR count). The van der Waals surface area contributed by atoms with Crippen LogP contribution in [0, 0.1) is 11.7 Å². The molecule has 0 bridgehead atoms. The monoisotopic (exact) mass is 588 g/mol. The number of aromatic nitrogens is 3. The van der Waals surface area contributed by atoms with Crippen LogP contribution < -0.4 is 16.2 Å². The standard InChI is InChI=1S/C28H34ClFN6O5/c1-16(2)12-18-19(30)14-31-22-13-17(32-25(18)22)15-36-23(29)11-10-21(27(36)39)33-26(38)20(34-28(40)41-5)8-6-7-9-24(37)35(3)4/h7,9-11,13-14,16,20,32H,6,8,12,15H2,1-5H3,(H,33,38)(H,34,40). The maximum absolute atomic E-state index is 14.5. The van der Waals surface area contributed by atoms with E-state index in [9.17, 15) is 23.6 Å². The summed E-state index contributed by atoms with van der Waals surface area (Å²) >= 11 is 6.34. The molecule has 0 spiro atoms. The molecular formula is C28H34ClFN6O5. The summed E-state index contributed by atoms with van der Waals surface area (Å²) in [6, 6.07) is 3.49. The second kappa shape index (κ2) is 13.9. The van der Waals surface area contributed by atoms with Gasteiger partial charge in [0.2, 0.25) is 11.8 Å². The Bertz CT molecular complexity index is 1510. The van der Waals surface area contributed by atoms with Gasteiger partial charge in [0.05, 0.1) is 30.9 Å². The van der Waals surface area contributed by atoms with Crippen molar-refractivity contribution >= 4 is 46.2 Å². The number of rotatable bonds is 11. The number of amides is 3. The molecule has 0 aliphatic heterocycles. The fraction of sp³-hybridized carbons (Fsp3) is 0.393. The molecule has 1 atom stereocenters. The topological polar surface area (TPSA) is 138 Å². The second-order valence-electron chi connectivity index (χ2n) is 10.1. The van der Waals surface area contributed by atoms with E-state index in [1.54, 1.807) is 26.2 Å². The number of aromatic amines is 1. The number of pyridine rings is 2. The number of ether oxygens (including phenoxy) is 1. The van der Waals surface area contributed by atoms with E-state index in [1.165, 1.54) is 33.9 Å². The van der Waals surface area contributed by atoms with Gasteiger partial charge in [-0.15, -0.1) is 0 Å². The summed E-state index contributed by atoms with van der Waals surface area (Å²) in [4.78, 5) is 58.7. The van der Waals surface area contributed by atoms with Crippen molar-refractivity contribution < 1.29 is 23.5 Å².